The SMILES string of the molecule is CCCn1c(=O)c(-c2cccc(C)c2C)cn(CC(=O)O)c1=O. The summed E-state index contributed by atoms with van der Waals surface area (Å²) < 4.78 is 2.19. The van der Waals surface area contributed by atoms with Gasteiger partial charge in [-0.15, -0.1) is 0 Å². The van der Waals surface area contributed by atoms with E-state index in [1.165, 1.54) is 6.20 Å². The Balaban J connectivity index is 2.80. The molecule has 1 N–H and O–H groups in total. The topological polar surface area (TPSA) is 81.3 Å². The van der Waals surface area contributed by atoms with E-state index in [1.54, 1.807) is 0 Å². The minimum Gasteiger partial charge on any atom is -0.480 e. The minimum atomic E-state index is -1.12. The fourth-order valence-electron chi connectivity index (χ4n) is 2.56. The third kappa shape index (κ3) is 3.26. The lowest BCUT2D eigenvalue weighted by molar-refractivity contribution is -0.137. The zero-order valence-electron chi connectivity index (χ0n) is 13.5. The van der Waals surface area contributed by atoms with Crippen molar-refractivity contribution in [2.45, 2.75) is 40.3 Å². The van der Waals surface area contributed by atoms with Crippen molar-refractivity contribution in [3.05, 3.63) is 56.4 Å². The second-order valence-electron chi connectivity index (χ2n) is 5.55. The number of hydrogen-bond acceptors (Lipinski definition) is 3. The number of carboxylic acids is 1. The molecule has 0 amide bonds. The molecule has 0 saturated carbocycles. The van der Waals surface area contributed by atoms with Gasteiger partial charge in [-0.2, -0.15) is 0 Å². The molecule has 0 saturated heterocycles. The molecular weight excluding hydrogens is 296 g/mol. The van der Waals surface area contributed by atoms with E-state index in [0.29, 0.717) is 12.0 Å². The van der Waals surface area contributed by atoms with E-state index in [2.05, 4.69) is 0 Å². The van der Waals surface area contributed by atoms with Crippen LogP contribution in [0, 0.1) is 13.8 Å². The van der Waals surface area contributed by atoms with Crippen LogP contribution < -0.4 is 11.2 Å². The molecule has 2 aromatic rings. The summed E-state index contributed by atoms with van der Waals surface area (Å²) in [6.07, 6.45) is 1.96. The predicted molar refractivity (Wildman–Crippen MR) is 87.8 cm³/mol. The fourth-order valence-corrected chi connectivity index (χ4v) is 2.56. The smallest absolute Gasteiger partial charge is 0.331 e. The van der Waals surface area contributed by atoms with Crippen molar-refractivity contribution in [3.63, 3.8) is 0 Å². The molecule has 6 nitrogen and oxygen atoms in total. The summed E-state index contributed by atoms with van der Waals surface area (Å²) in [7, 11) is 0. The van der Waals surface area contributed by atoms with Crippen LogP contribution in [0.25, 0.3) is 11.1 Å². The zero-order valence-corrected chi connectivity index (χ0v) is 13.5. The molecule has 0 unspecified atom stereocenters. The molecule has 0 radical (unpaired) electrons. The molecule has 1 aromatic carbocycles. The molecule has 0 aliphatic carbocycles. The van der Waals surface area contributed by atoms with E-state index in [-0.39, 0.29) is 12.1 Å². The molecule has 0 aliphatic rings. The average molecular weight is 316 g/mol. The predicted octanol–water partition coefficient (Wildman–Crippen LogP) is 1.79. The van der Waals surface area contributed by atoms with Crippen LogP contribution in [0.1, 0.15) is 24.5 Å². The van der Waals surface area contributed by atoms with Gasteiger partial charge in [0.25, 0.3) is 5.56 Å². The number of aromatic nitrogens is 2. The third-order valence-electron chi connectivity index (χ3n) is 3.88. The van der Waals surface area contributed by atoms with Crippen LogP contribution in [0.4, 0.5) is 0 Å². The number of aliphatic carboxylic acids is 1. The van der Waals surface area contributed by atoms with Gasteiger partial charge in [-0.1, -0.05) is 25.1 Å². The molecule has 6 heteroatoms. The Kier molecular flexibility index (Phi) is 4.83. The lowest BCUT2D eigenvalue weighted by atomic mass is 9.99. The van der Waals surface area contributed by atoms with Gasteiger partial charge in [0.2, 0.25) is 0 Å². The van der Waals surface area contributed by atoms with E-state index < -0.39 is 18.2 Å². The van der Waals surface area contributed by atoms with Crippen LogP contribution in [0.15, 0.2) is 34.0 Å². The van der Waals surface area contributed by atoms with Crippen LogP contribution in [0.5, 0.6) is 0 Å². The van der Waals surface area contributed by atoms with Crippen molar-refractivity contribution in [1.82, 2.24) is 9.13 Å². The summed E-state index contributed by atoms with van der Waals surface area (Å²) in [6, 6.07) is 5.59. The van der Waals surface area contributed by atoms with Gasteiger partial charge < -0.3 is 5.11 Å². The number of aryl methyl sites for hydroxylation is 1. The second-order valence-corrected chi connectivity index (χ2v) is 5.55. The number of carboxylic acid groups (broad SMARTS) is 1. The number of benzene rings is 1. The van der Waals surface area contributed by atoms with E-state index >= 15 is 0 Å². The maximum Gasteiger partial charge on any atom is 0.331 e. The fraction of sp³-hybridized carbons (Fsp3) is 0.353. The molecule has 0 atom stereocenters. The standard InChI is InChI=1S/C17H20N2O4/c1-4-8-19-16(22)14(9-18(17(19)23)10-15(20)21)13-7-5-6-11(2)12(13)3/h5-7,9H,4,8,10H2,1-3H3,(H,20,21). The first-order chi connectivity index (χ1) is 10.9. The Labute approximate surface area is 133 Å². The maximum absolute atomic E-state index is 12.7. The molecule has 0 fully saturated rings. The van der Waals surface area contributed by atoms with E-state index in [0.717, 1.165) is 25.8 Å². The Morgan fingerprint density at radius 2 is 1.87 bits per heavy atom. The molecule has 0 aliphatic heterocycles. The summed E-state index contributed by atoms with van der Waals surface area (Å²) in [4.78, 5) is 36.0. The van der Waals surface area contributed by atoms with E-state index in [1.807, 2.05) is 39.0 Å². The average Bonchev–Trinajstić information content (AvgIpc) is 2.49. The van der Waals surface area contributed by atoms with Crippen molar-refractivity contribution >= 4 is 5.97 Å². The first-order valence-electron chi connectivity index (χ1n) is 7.49. The quantitative estimate of drug-likeness (QED) is 0.912. The molecule has 122 valence electrons. The highest BCUT2D eigenvalue weighted by Gasteiger charge is 2.16. The van der Waals surface area contributed by atoms with Crippen molar-refractivity contribution in [2.75, 3.05) is 0 Å². The van der Waals surface area contributed by atoms with Gasteiger partial charge in [0.1, 0.15) is 6.54 Å². The first-order valence-corrected chi connectivity index (χ1v) is 7.49. The van der Waals surface area contributed by atoms with Crippen LogP contribution in [-0.4, -0.2) is 20.2 Å². The number of carbonyl (C=O) groups is 1. The highest BCUT2D eigenvalue weighted by atomic mass is 16.4. The summed E-state index contributed by atoms with van der Waals surface area (Å²) in [5.41, 5.74) is 2.06. The zero-order chi connectivity index (χ0) is 17.1. The Hall–Kier alpha value is -2.63. The number of nitrogens with zero attached hydrogens (tertiary/aromatic N) is 2. The van der Waals surface area contributed by atoms with E-state index in [9.17, 15) is 14.4 Å². The molecule has 1 heterocycles. The second kappa shape index (κ2) is 6.64. The molecule has 2 rings (SSSR count). The van der Waals surface area contributed by atoms with Gasteiger partial charge in [-0.3, -0.25) is 18.7 Å². The van der Waals surface area contributed by atoms with Crippen molar-refractivity contribution in [2.24, 2.45) is 0 Å². The molecule has 0 bridgehead atoms. The Morgan fingerprint density at radius 1 is 1.17 bits per heavy atom. The van der Waals surface area contributed by atoms with Gasteiger partial charge in [0.15, 0.2) is 0 Å². The maximum atomic E-state index is 12.7. The summed E-state index contributed by atoms with van der Waals surface area (Å²) >= 11 is 0. The van der Waals surface area contributed by atoms with Crippen molar-refractivity contribution in [3.8, 4) is 11.1 Å². The molecule has 23 heavy (non-hydrogen) atoms. The van der Waals surface area contributed by atoms with Gasteiger partial charge in [0, 0.05) is 12.7 Å². The van der Waals surface area contributed by atoms with Gasteiger partial charge >= 0.3 is 11.7 Å². The highest BCUT2D eigenvalue weighted by Crippen LogP contribution is 2.22. The minimum absolute atomic E-state index is 0.260. The number of hydrogen-bond donors (Lipinski definition) is 1. The van der Waals surface area contributed by atoms with Gasteiger partial charge in [0.05, 0.1) is 5.56 Å². The van der Waals surface area contributed by atoms with E-state index in [4.69, 9.17) is 5.11 Å². The summed E-state index contributed by atoms with van der Waals surface area (Å²) in [5, 5.41) is 8.99. The first kappa shape index (κ1) is 16.7. The normalized spacial score (nSPS) is 10.7. The Morgan fingerprint density at radius 3 is 2.48 bits per heavy atom. The summed E-state index contributed by atoms with van der Waals surface area (Å²) in [6.45, 7) is 5.49. The van der Waals surface area contributed by atoms with Gasteiger partial charge in [-0.25, -0.2) is 4.79 Å². The molecular formula is C17H20N2O4. The lowest BCUT2D eigenvalue weighted by Gasteiger charge is -2.13. The van der Waals surface area contributed by atoms with Crippen LogP contribution in [-0.2, 0) is 17.9 Å². The Bertz CT molecular complexity index is 862. The monoisotopic (exact) mass is 316 g/mol. The largest absolute Gasteiger partial charge is 0.480 e. The van der Waals surface area contributed by atoms with Gasteiger partial charge in [-0.05, 0) is 37.0 Å². The van der Waals surface area contributed by atoms with Crippen molar-refractivity contribution < 1.29 is 9.90 Å². The third-order valence-corrected chi connectivity index (χ3v) is 3.88. The van der Waals surface area contributed by atoms with Crippen LogP contribution >= 0.6 is 0 Å². The van der Waals surface area contributed by atoms with Crippen LogP contribution in [0.3, 0.4) is 0 Å². The number of rotatable bonds is 5. The van der Waals surface area contributed by atoms with Crippen LogP contribution in [0.2, 0.25) is 0 Å². The lowest BCUT2D eigenvalue weighted by Crippen LogP contribution is -2.41. The molecule has 1 aromatic heterocycles. The summed E-state index contributed by atoms with van der Waals surface area (Å²) in [5.74, 6) is -1.12. The molecule has 0 spiro atoms. The highest BCUT2D eigenvalue weighted by molar-refractivity contribution is 5.69. The van der Waals surface area contributed by atoms with Crippen molar-refractivity contribution in [1.29, 1.82) is 0 Å².